The average molecular weight is 285 g/mol. The molecular formula is C12H13BrO3. The molecule has 0 saturated heterocycles. The van der Waals surface area contributed by atoms with Crippen LogP contribution >= 0.6 is 15.9 Å². The van der Waals surface area contributed by atoms with Crippen molar-refractivity contribution < 1.29 is 14.3 Å². The van der Waals surface area contributed by atoms with Crippen molar-refractivity contribution in [2.75, 3.05) is 7.11 Å². The topological polar surface area (TPSA) is 43.4 Å². The van der Waals surface area contributed by atoms with E-state index in [9.17, 15) is 9.59 Å². The Morgan fingerprint density at radius 2 is 2.00 bits per heavy atom. The smallest absolute Gasteiger partial charge is 0.338 e. The fourth-order valence-corrected chi connectivity index (χ4v) is 1.65. The minimum Gasteiger partial charge on any atom is -0.465 e. The first kappa shape index (κ1) is 12.9. The average Bonchev–Trinajstić information content (AvgIpc) is 2.27. The number of hydrogen-bond donors (Lipinski definition) is 0. The van der Waals surface area contributed by atoms with E-state index in [1.54, 1.807) is 12.1 Å². The van der Waals surface area contributed by atoms with Crippen molar-refractivity contribution in [1.29, 1.82) is 0 Å². The number of rotatable bonds is 3. The van der Waals surface area contributed by atoms with Gasteiger partial charge in [-0.1, -0.05) is 28.1 Å². The number of methoxy groups -OCH3 is 1. The fourth-order valence-electron chi connectivity index (χ4n) is 1.36. The maximum Gasteiger partial charge on any atom is 0.338 e. The Bertz CT molecular complexity index is 426. The summed E-state index contributed by atoms with van der Waals surface area (Å²) in [6.07, 6.45) is 0. The van der Waals surface area contributed by atoms with Gasteiger partial charge in [-0.3, -0.25) is 4.79 Å². The standard InChI is InChI=1S/C12H13BrO3/c1-7-4-5-9(11(13)8(2)14)6-10(7)12(15)16-3/h4-6,11H,1-3H3. The van der Waals surface area contributed by atoms with Gasteiger partial charge in [0, 0.05) is 0 Å². The molecule has 0 radical (unpaired) electrons. The molecule has 0 saturated carbocycles. The molecule has 1 rings (SSSR count). The summed E-state index contributed by atoms with van der Waals surface area (Å²) in [6, 6.07) is 5.31. The van der Waals surface area contributed by atoms with Crippen LogP contribution in [-0.2, 0) is 9.53 Å². The molecule has 86 valence electrons. The molecule has 1 aromatic carbocycles. The van der Waals surface area contributed by atoms with Crippen LogP contribution in [0.5, 0.6) is 0 Å². The van der Waals surface area contributed by atoms with E-state index in [0.29, 0.717) is 5.56 Å². The van der Waals surface area contributed by atoms with Crippen LogP contribution in [-0.4, -0.2) is 18.9 Å². The SMILES string of the molecule is COC(=O)c1cc(C(Br)C(C)=O)ccc1C. The van der Waals surface area contributed by atoms with E-state index in [-0.39, 0.29) is 16.6 Å². The maximum absolute atomic E-state index is 11.5. The Balaban J connectivity index is 3.17. The Hall–Kier alpha value is -1.16. The second-order valence-electron chi connectivity index (χ2n) is 3.54. The second kappa shape index (κ2) is 5.25. The molecule has 1 atom stereocenters. The number of carbonyl (C=O) groups is 2. The van der Waals surface area contributed by atoms with Crippen molar-refractivity contribution >= 4 is 27.7 Å². The zero-order valence-corrected chi connectivity index (χ0v) is 11.0. The molecular weight excluding hydrogens is 272 g/mol. The van der Waals surface area contributed by atoms with Crippen LogP contribution in [0.15, 0.2) is 18.2 Å². The highest BCUT2D eigenvalue weighted by Gasteiger charge is 2.16. The Morgan fingerprint density at radius 1 is 1.38 bits per heavy atom. The van der Waals surface area contributed by atoms with Gasteiger partial charge in [-0.25, -0.2) is 4.79 Å². The minimum atomic E-state index is -0.386. The molecule has 0 aliphatic rings. The van der Waals surface area contributed by atoms with Crippen LogP contribution in [0.4, 0.5) is 0 Å². The number of ketones is 1. The monoisotopic (exact) mass is 284 g/mol. The second-order valence-corrected chi connectivity index (χ2v) is 4.45. The van der Waals surface area contributed by atoms with Gasteiger partial charge < -0.3 is 4.74 Å². The number of ether oxygens (including phenoxy) is 1. The van der Waals surface area contributed by atoms with E-state index in [0.717, 1.165) is 11.1 Å². The first-order valence-corrected chi connectivity index (χ1v) is 5.72. The first-order valence-electron chi connectivity index (χ1n) is 4.80. The summed E-state index contributed by atoms with van der Waals surface area (Å²) in [5.74, 6) is -0.387. The summed E-state index contributed by atoms with van der Waals surface area (Å²) < 4.78 is 4.67. The molecule has 0 fully saturated rings. The zero-order chi connectivity index (χ0) is 12.3. The number of carbonyl (C=O) groups excluding carboxylic acids is 2. The van der Waals surface area contributed by atoms with E-state index in [1.807, 2.05) is 13.0 Å². The minimum absolute atomic E-state index is 0.000307. The van der Waals surface area contributed by atoms with Crippen LogP contribution in [0.25, 0.3) is 0 Å². The lowest BCUT2D eigenvalue weighted by molar-refractivity contribution is -0.116. The highest BCUT2D eigenvalue weighted by molar-refractivity contribution is 9.09. The summed E-state index contributed by atoms with van der Waals surface area (Å²) >= 11 is 3.28. The van der Waals surface area contributed by atoms with Crippen molar-refractivity contribution in [2.45, 2.75) is 18.7 Å². The third kappa shape index (κ3) is 2.70. The van der Waals surface area contributed by atoms with Gasteiger partial charge in [0.05, 0.1) is 17.5 Å². The quantitative estimate of drug-likeness (QED) is 0.633. The predicted molar refractivity (Wildman–Crippen MR) is 64.9 cm³/mol. The molecule has 1 aromatic rings. The number of alkyl halides is 1. The van der Waals surface area contributed by atoms with Crippen molar-refractivity contribution in [3.05, 3.63) is 34.9 Å². The van der Waals surface area contributed by atoms with Crippen LogP contribution in [0.1, 0.15) is 33.2 Å². The first-order chi connectivity index (χ1) is 7.47. The lowest BCUT2D eigenvalue weighted by Crippen LogP contribution is -2.07. The van der Waals surface area contributed by atoms with Gasteiger partial charge in [0.2, 0.25) is 0 Å². The molecule has 0 amide bonds. The number of halogens is 1. The third-order valence-electron chi connectivity index (χ3n) is 2.32. The largest absolute Gasteiger partial charge is 0.465 e. The third-order valence-corrected chi connectivity index (χ3v) is 3.49. The summed E-state index contributed by atoms with van der Waals surface area (Å²) in [5.41, 5.74) is 2.09. The fraction of sp³-hybridized carbons (Fsp3) is 0.333. The van der Waals surface area contributed by atoms with Gasteiger partial charge >= 0.3 is 5.97 Å². The normalized spacial score (nSPS) is 12.0. The molecule has 0 bridgehead atoms. The van der Waals surface area contributed by atoms with Gasteiger partial charge in [-0.05, 0) is 31.0 Å². The molecule has 0 aliphatic heterocycles. The Kier molecular flexibility index (Phi) is 4.24. The molecule has 0 aromatic heterocycles. The summed E-state index contributed by atoms with van der Waals surface area (Å²) in [7, 11) is 1.34. The Labute approximate surface area is 103 Å². The lowest BCUT2D eigenvalue weighted by Gasteiger charge is -2.10. The molecule has 0 N–H and O–H groups in total. The van der Waals surface area contributed by atoms with Crippen LogP contribution in [0, 0.1) is 6.92 Å². The van der Waals surface area contributed by atoms with Crippen LogP contribution in [0.3, 0.4) is 0 Å². The van der Waals surface area contributed by atoms with E-state index in [2.05, 4.69) is 20.7 Å². The highest BCUT2D eigenvalue weighted by atomic mass is 79.9. The molecule has 3 nitrogen and oxygen atoms in total. The molecule has 0 spiro atoms. The highest BCUT2D eigenvalue weighted by Crippen LogP contribution is 2.25. The van der Waals surface area contributed by atoms with Gasteiger partial charge in [0.15, 0.2) is 0 Å². The number of benzene rings is 1. The van der Waals surface area contributed by atoms with Crippen molar-refractivity contribution in [3.63, 3.8) is 0 Å². The van der Waals surface area contributed by atoms with Crippen LogP contribution in [0.2, 0.25) is 0 Å². The van der Waals surface area contributed by atoms with Crippen LogP contribution < -0.4 is 0 Å². The van der Waals surface area contributed by atoms with Gasteiger partial charge in [0.25, 0.3) is 0 Å². The molecule has 4 heteroatoms. The zero-order valence-electron chi connectivity index (χ0n) is 9.41. The van der Waals surface area contributed by atoms with Crippen molar-refractivity contribution in [1.82, 2.24) is 0 Å². The van der Waals surface area contributed by atoms with Crippen molar-refractivity contribution in [2.24, 2.45) is 0 Å². The molecule has 16 heavy (non-hydrogen) atoms. The van der Waals surface area contributed by atoms with Gasteiger partial charge in [-0.15, -0.1) is 0 Å². The lowest BCUT2D eigenvalue weighted by atomic mass is 10.0. The number of Topliss-reactive ketones (excluding diaryl/α,β-unsaturated/α-hetero) is 1. The molecule has 0 heterocycles. The van der Waals surface area contributed by atoms with E-state index in [1.165, 1.54) is 14.0 Å². The molecule has 1 unspecified atom stereocenters. The summed E-state index contributed by atoms with van der Waals surface area (Å²) in [4.78, 5) is 22.3. The Morgan fingerprint density at radius 3 is 2.50 bits per heavy atom. The molecule has 0 aliphatic carbocycles. The van der Waals surface area contributed by atoms with E-state index >= 15 is 0 Å². The maximum atomic E-state index is 11.5. The van der Waals surface area contributed by atoms with E-state index < -0.39 is 0 Å². The van der Waals surface area contributed by atoms with E-state index in [4.69, 9.17) is 0 Å². The summed E-state index contributed by atoms with van der Waals surface area (Å²) in [5, 5.41) is 0. The number of aryl methyl sites for hydroxylation is 1. The van der Waals surface area contributed by atoms with Crippen molar-refractivity contribution in [3.8, 4) is 0 Å². The van der Waals surface area contributed by atoms with Gasteiger partial charge in [0.1, 0.15) is 5.78 Å². The van der Waals surface area contributed by atoms with Gasteiger partial charge in [-0.2, -0.15) is 0 Å². The number of esters is 1. The number of hydrogen-bond acceptors (Lipinski definition) is 3. The summed E-state index contributed by atoms with van der Waals surface area (Å²) in [6.45, 7) is 3.32. The predicted octanol–water partition coefficient (Wildman–Crippen LogP) is 2.81.